The van der Waals surface area contributed by atoms with Crippen LogP contribution in [0.25, 0.3) is 5.53 Å². The molecule has 1 aliphatic rings. The molecule has 0 bridgehead atoms. The predicted molar refractivity (Wildman–Crippen MR) is 45.9 cm³/mol. The topological polar surface area (TPSA) is 53.5 Å². The molecule has 3 nitrogen and oxygen atoms in total. The number of carbonyl (C=O) groups is 1. The van der Waals surface area contributed by atoms with Crippen LogP contribution in [0.4, 0.5) is 0 Å². The van der Waals surface area contributed by atoms with E-state index in [1.807, 2.05) is 0 Å². The van der Waals surface area contributed by atoms with Gasteiger partial charge in [0.15, 0.2) is 0 Å². The average molecular weight is 166 g/mol. The fourth-order valence-electron chi connectivity index (χ4n) is 1.79. The Morgan fingerprint density at radius 1 is 1.42 bits per heavy atom. The first-order valence-corrected chi connectivity index (χ1v) is 4.53. The molecule has 0 unspecified atom stereocenters. The van der Waals surface area contributed by atoms with Crippen molar-refractivity contribution in [3.05, 3.63) is 5.53 Å². The third kappa shape index (κ3) is 2.97. The van der Waals surface area contributed by atoms with Crippen LogP contribution in [0.1, 0.15) is 38.5 Å². The Balaban J connectivity index is 2.29. The molecule has 0 aromatic carbocycles. The molecule has 0 aromatic rings. The lowest BCUT2D eigenvalue weighted by Crippen LogP contribution is -2.12. The lowest BCUT2D eigenvalue weighted by Gasteiger charge is -2.19. The second-order valence-corrected chi connectivity index (χ2v) is 3.42. The number of hydrogen-bond acceptors (Lipinski definition) is 1. The minimum atomic E-state index is -0.0515. The van der Waals surface area contributed by atoms with Gasteiger partial charge in [0.1, 0.15) is 0 Å². The van der Waals surface area contributed by atoms with Crippen molar-refractivity contribution < 1.29 is 9.58 Å². The van der Waals surface area contributed by atoms with Crippen molar-refractivity contribution in [2.75, 3.05) is 0 Å². The third-order valence-corrected chi connectivity index (χ3v) is 2.42. The van der Waals surface area contributed by atoms with Crippen molar-refractivity contribution in [3.8, 4) is 0 Å². The molecule has 66 valence electrons. The maximum Gasteiger partial charge on any atom is 0.323 e. The Labute approximate surface area is 72.4 Å². The van der Waals surface area contributed by atoms with Crippen LogP contribution in [-0.4, -0.2) is 16.8 Å². The van der Waals surface area contributed by atoms with E-state index in [1.54, 1.807) is 0 Å². The van der Waals surface area contributed by atoms with Gasteiger partial charge in [-0.05, 0) is 5.92 Å². The predicted octanol–water partition coefficient (Wildman–Crippen LogP) is 1.83. The van der Waals surface area contributed by atoms with Gasteiger partial charge in [-0.3, -0.25) is 4.79 Å². The highest BCUT2D eigenvalue weighted by Crippen LogP contribution is 2.25. The normalized spacial score (nSPS) is 18.3. The molecule has 3 heteroatoms. The van der Waals surface area contributed by atoms with Crippen molar-refractivity contribution in [2.24, 2.45) is 5.92 Å². The summed E-state index contributed by atoms with van der Waals surface area (Å²) in [4.78, 5) is 13.7. The van der Waals surface area contributed by atoms with Crippen LogP contribution >= 0.6 is 0 Å². The molecule has 0 aliphatic heterocycles. The zero-order chi connectivity index (χ0) is 8.81. The maximum absolute atomic E-state index is 11.0. The van der Waals surface area contributed by atoms with E-state index in [2.05, 4.69) is 4.79 Å². The standard InChI is InChI=1S/C9H14N2O/c10-11-7-9(12)6-8-4-2-1-3-5-8/h7-8H,1-6H2. The van der Waals surface area contributed by atoms with E-state index in [0.717, 1.165) is 19.1 Å². The van der Waals surface area contributed by atoms with Gasteiger partial charge in [-0.15, -0.1) is 0 Å². The summed E-state index contributed by atoms with van der Waals surface area (Å²) < 4.78 is 0. The van der Waals surface area contributed by atoms with Crippen molar-refractivity contribution >= 4 is 12.0 Å². The number of nitrogens with zero attached hydrogens (tertiary/aromatic N) is 2. The first kappa shape index (κ1) is 9.14. The van der Waals surface area contributed by atoms with Gasteiger partial charge >= 0.3 is 6.21 Å². The van der Waals surface area contributed by atoms with Crippen LogP contribution in [0.3, 0.4) is 0 Å². The van der Waals surface area contributed by atoms with E-state index in [-0.39, 0.29) is 5.78 Å². The van der Waals surface area contributed by atoms with Crippen LogP contribution in [-0.2, 0) is 4.79 Å². The first-order valence-electron chi connectivity index (χ1n) is 4.53. The zero-order valence-corrected chi connectivity index (χ0v) is 7.20. The molecule has 1 aliphatic carbocycles. The minimum Gasteiger partial charge on any atom is -0.361 e. The van der Waals surface area contributed by atoms with Gasteiger partial charge in [0.2, 0.25) is 5.78 Å². The Morgan fingerprint density at radius 3 is 2.67 bits per heavy atom. The van der Waals surface area contributed by atoms with E-state index in [0.29, 0.717) is 12.3 Å². The van der Waals surface area contributed by atoms with Crippen molar-refractivity contribution in [1.29, 1.82) is 0 Å². The third-order valence-electron chi connectivity index (χ3n) is 2.42. The fraction of sp³-hybridized carbons (Fsp3) is 0.778. The van der Waals surface area contributed by atoms with Crippen LogP contribution in [0.15, 0.2) is 0 Å². The highest BCUT2D eigenvalue weighted by molar-refractivity contribution is 6.25. The highest BCUT2D eigenvalue weighted by atomic mass is 16.1. The number of ketones is 1. The van der Waals surface area contributed by atoms with Crippen molar-refractivity contribution in [3.63, 3.8) is 0 Å². The lowest BCUT2D eigenvalue weighted by atomic mass is 9.86. The number of rotatable bonds is 3. The molecule has 0 atom stereocenters. The Morgan fingerprint density at radius 2 is 2.08 bits per heavy atom. The van der Waals surface area contributed by atoms with E-state index in [1.165, 1.54) is 19.3 Å². The smallest absolute Gasteiger partial charge is 0.323 e. The van der Waals surface area contributed by atoms with Crippen LogP contribution < -0.4 is 0 Å². The summed E-state index contributed by atoms with van der Waals surface area (Å²) in [5.74, 6) is 0.480. The highest BCUT2D eigenvalue weighted by Gasteiger charge is 2.17. The van der Waals surface area contributed by atoms with Crippen LogP contribution in [0.2, 0.25) is 0 Å². The molecular formula is C9H14N2O. The van der Waals surface area contributed by atoms with Gasteiger partial charge in [-0.1, -0.05) is 32.1 Å². The molecule has 1 fully saturated rings. The van der Waals surface area contributed by atoms with Gasteiger partial charge < -0.3 is 5.53 Å². The number of carbonyl (C=O) groups excluding carboxylic acids is 1. The Kier molecular flexibility index (Phi) is 3.68. The van der Waals surface area contributed by atoms with Gasteiger partial charge in [0.05, 0.1) is 0 Å². The molecule has 1 rings (SSSR count). The second-order valence-electron chi connectivity index (χ2n) is 3.42. The molecule has 0 N–H and O–H groups in total. The molecule has 1 saturated carbocycles. The van der Waals surface area contributed by atoms with Gasteiger partial charge in [-0.2, -0.15) is 4.79 Å². The first-order chi connectivity index (χ1) is 5.83. The molecule has 0 spiro atoms. The molecular weight excluding hydrogens is 152 g/mol. The van der Waals surface area contributed by atoms with Crippen molar-refractivity contribution in [1.82, 2.24) is 0 Å². The summed E-state index contributed by atoms with van der Waals surface area (Å²) >= 11 is 0. The summed E-state index contributed by atoms with van der Waals surface area (Å²) in [5, 5.41) is 0. The molecule has 0 radical (unpaired) electrons. The zero-order valence-electron chi connectivity index (χ0n) is 7.20. The fourth-order valence-corrected chi connectivity index (χ4v) is 1.79. The largest absolute Gasteiger partial charge is 0.361 e. The lowest BCUT2D eigenvalue weighted by molar-refractivity contribution is -0.117. The quantitative estimate of drug-likeness (QED) is 0.358. The van der Waals surface area contributed by atoms with E-state index in [9.17, 15) is 4.79 Å². The maximum atomic E-state index is 11.0. The SMILES string of the molecule is [N-]=[N+]=CC(=O)CC1CCCCC1. The summed E-state index contributed by atoms with van der Waals surface area (Å²) in [5.41, 5.74) is 8.11. The molecule has 0 heterocycles. The summed E-state index contributed by atoms with van der Waals surface area (Å²) in [7, 11) is 0. The van der Waals surface area contributed by atoms with Crippen LogP contribution in [0, 0.1) is 5.92 Å². The number of hydrogen-bond donors (Lipinski definition) is 0. The van der Waals surface area contributed by atoms with Gasteiger partial charge in [0.25, 0.3) is 0 Å². The molecule has 0 amide bonds. The second kappa shape index (κ2) is 4.83. The van der Waals surface area contributed by atoms with Crippen molar-refractivity contribution in [2.45, 2.75) is 38.5 Å². The van der Waals surface area contributed by atoms with E-state index >= 15 is 0 Å². The summed E-state index contributed by atoms with van der Waals surface area (Å²) in [6.45, 7) is 0. The molecule has 0 saturated heterocycles. The molecule has 12 heavy (non-hydrogen) atoms. The van der Waals surface area contributed by atoms with E-state index < -0.39 is 0 Å². The van der Waals surface area contributed by atoms with Crippen LogP contribution in [0.5, 0.6) is 0 Å². The Bertz CT molecular complexity index is 201. The van der Waals surface area contributed by atoms with Gasteiger partial charge in [0, 0.05) is 6.42 Å². The summed E-state index contributed by atoms with van der Waals surface area (Å²) in [6, 6.07) is 0. The Hall–Kier alpha value is -0.950. The number of Topliss-reactive ketones (excluding diaryl/α,β-unsaturated/α-hetero) is 1. The average Bonchev–Trinajstić information content (AvgIpc) is 2.06. The monoisotopic (exact) mass is 166 g/mol. The van der Waals surface area contributed by atoms with Gasteiger partial charge in [-0.25, -0.2) is 0 Å². The minimum absolute atomic E-state index is 0.0515. The summed E-state index contributed by atoms with van der Waals surface area (Å²) in [6.07, 6.45) is 7.68. The van der Waals surface area contributed by atoms with E-state index in [4.69, 9.17) is 5.53 Å². The molecule has 0 aromatic heterocycles.